The lowest BCUT2D eigenvalue weighted by molar-refractivity contribution is 0.0592. The van der Waals surface area contributed by atoms with Crippen LogP contribution in [0.1, 0.15) is 54.5 Å². The van der Waals surface area contributed by atoms with Crippen molar-refractivity contribution < 1.29 is 37.0 Å². The van der Waals surface area contributed by atoms with Crippen molar-refractivity contribution >= 4 is 84.3 Å². The number of para-hydroxylation sites is 3. The van der Waals surface area contributed by atoms with E-state index in [1.807, 2.05) is 167 Å². The number of aromatic nitrogens is 8. The molecule has 0 atom stereocenters. The maximum absolute atomic E-state index is 12.0. The topological polar surface area (TPSA) is 201 Å². The number of aliphatic hydroxyl groups is 1. The Morgan fingerprint density at radius 3 is 1.22 bits per heavy atom. The molecule has 16 heteroatoms. The lowest BCUT2D eigenvalue weighted by Gasteiger charge is -2.22. The van der Waals surface area contributed by atoms with Crippen LogP contribution >= 0.6 is 0 Å². The zero-order valence-corrected chi connectivity index (χ0v) is 48.0. The molecule has 448 valence electrons. The molecule has 1 aliphatic heterocycles. The minimum Gasteiger partial charge on any atom is -0.478 e. The van der Waals surface area contributed by atoms with Crippen molar-refractivity contribution in [3.05, 3.63) is 265 Å². The van der Waals surface area contributed by atoms with E-state index in [-0.39, 0.29) is 26.4 Å². The Morgan fingerprint density at radius 1 is 0.422 bits per heavy atom. The van der Waals surface area contributed by atoms with E-state index in [1.54, 1.807) is 48.5 Å². The van der Waals surface area contributed by atoms with Gasteiger partial charge in [-0.15, -0.1) is 0 Å². The van der Waals surface area contributed by atoms with Gasteiger partial charge in [-0.2, -0.15) is 0 Å². The molecule has 9 aromatic carbocycles. The molecule has 5 aromatic heterocycles. The quantitative estimate of drug-likeness (QED) is 0.129. The van der Waals surface area contributed by atoms with Crippen molar-refractivity contribution in [1.82, 2.24) is 39.0 Å². The molecule has 14 aromatic rings. The third-order valence-electron chi connectivity index (χ3n) is 15.0. The van der Waals surface area contributed by atoms with Crippen LogP contribution in [0.2, 0.25) is 0 Å². The number of rotatable bonds is 9. The Hall–Kier alpha value is -11.8. The second kappa shape index (κ2) is 27.3. The molecular formula is C74H65N9O7. The summed E-state index contributed by atoms with van der Waals surface area (Å²) in [7, 11) is 3.75. The molecule has 1 aliphatic rings. The molecule has 0 saturated carbocycles. The summed E-state index contributed by atoms with van der Waals surface area (Å²) in [6.07, 6.45) is 4.93. The summed E-state index contributed by atoms with van der Waals surface area (Å²) in [5, 5.41) is 18.5. The van der Waals surface area contributed by atoms with Gasteiger partial charge in [0.05, 0.1) is 75.0 Å². The molecule has 0 unspecified atom stereocenters. The average molecular weight is 1190 g/mol. The molecule has 6 heterocycles. The number of carboxylic acid groups (broad SMARTS) is 1. The van der Waals surface area contributed by atoms with Crippen molar-refractivity contribution in [1.29, 1.82) is 0 Å². The van der Waals surface area contributed by atoms with E-state index in [1.165, 1.54) is 19.8 Å². The second-order valence-corrected chi connectivity index (χ2v) is 20.2. The fraction of sp³-hybridized carbons (Fsp3) is 0.0946. The number of nitrogens with zero attached hydrogens (tertiary/aromatic N) is 9. The van der Waals surface area contributed by atoms with E-state index >= 15 is 0 Å². The van der Waals surface area contributed by atoms with Gasteiger partial charge in [-0.3, -0.25) is 9.13 Å². The van der Waals surface area contributed by atoms with Crippen LogP contribution in [0, 0.1) is 0 Å². The van der Waals surface area contributed by atoms with Gasteiger partial charge in [0.25, 0.3) is 0 Å². The number of esters is 2. The highest BCUT2D eigenvalue weighted by Crippen LogP contribution is 2.39. The first-order chi connectivity index (χ1) is 44.2. The van der Waals surface area contributed by atoms with E-state index in [0.717, 1.165) is 98.2 Å². The van der Waals surface area contributed by atoms with Gasteiger partial charge in [-0.25, -0.2) is 44.3 Å². The number of ether oxygens (including phenoxy) is 2. The molecule has 90 heavy (non-hydrogen) atoms. The summed E-state index contributed by atoms with van der Waals surface area (Å²) in [6, 6.07) is 74.0. The Balaban J connectivity index is 0.000000157. The van der Waals surface area contributed by atoms with Crippen LogP contribution < -0.4 is 4.90 Å². The van der Waals surface area contributed by atoms with Gasteiger partial charge < -0.3 is 24.6 Å². The van der Waals surface area contributed by atoms with Crippen LogP contribution in [-0.2, 0) is 15.9 Å². The molecule has 0 aliphatic carbocycles. The van der Waals surface area contributed by atoms with E-state index in [9.17, 15) is 19.5 Å². The first-order valence-corrected chi connectivity index (χ1v) is 28.1. The zero-order valence-electron chi connectivity index (χ0n) is 50.0. The van der Waals surface area contributed by atoms with Crippen molar-refractivity contribution in [3.63, 3.8) is 0 Å². The number of methoxy groups -OCH3 is 2. The predicted molar refractivity (Wildman–Crippen MR) is 359 cm³/mol. The second-order valence-electron chi connectivity index (χ2n) is 20.2. The third kappa shape index (κ3) is 12.3. The Labute approximate surface area is 522 Å². The number of hydrogen-bond acceptors (Lipinski definition) is 13. The number of aliphatic hydroxyl groups excluding tert-OH is 1. The van der Waals surface area contributed by atoms with Gasteiger partial charge in [-0.1, -0.05) is 160 Å². The monoisotopic (exact) mass is 1190 g/mol. The Bertz CT molecular complexity index is 4920. The van der Waals surface area contributed by atoms with Gasteiger partial charge in [0.15, 0.2) is 17.5 Å². The maximum Gasteiger partial charge on any atom is 0.337 e. The fourth-order valence-corrected chi connectivity index (χ4v) is 10.7. The standard InChI is InChI=1S/C24H19N3O2.C24H17N3O2.C23H15N3O2.CH4O.2CH4.H2/c2*1-29-24(28)18-11-12-19-20(15-18)26-23(22(25-19)17-8-3-2-4-9-17)27-14-13-16-7-5-6-10-21(16)27;27-23(28)17-10-11-18-19(14-17)25-22(21(24-18)16-7-2-1-3-8-16)26-13-12-15-6-4-5-9-20(15)26;1-2;;;/h2-12,15H,13-14H2,1H3;2-15H,1H3;1-14H,(H,27,28);2H,1H3;2*1H4;1H/i;;;;;;1+1D. The summed E-state index contributed by atoms with van der Waals surface area (Å²) in [5.41, 5.74) is 14.9. The Kier molecular flexibility index (Phi) is 18.2. The van der Waals surface area contributed by atoms with Crippen LogP contribution in [-0.4, -0.2) is 95.0 Å². The molecule has 0 spiro atoms. The normalized spacial score (nSPS) is 11.3. The summed E-state index contributed by atoms with van der Waals surface area (Å²) in [5.74, 6) is 0.427. The molecule has 0 amide bonds. The number of anilines is 2. The lowest BCUT2D eigenvalue weighted by Crippen LogP contribution is -2.17. The number of carbonyl (C=O) groups excluding carboxylic acids is 2. The highest BCUT2D eigenvalue weighted by molar-refractivity contribution is 5.97. The SMILES string of the molecule is C.C.CO.COC(=O)c1ccc2nc(-c3ccccc3)c(-n3ccc4ccccc43)nc2c1.COC(=O)c1ccc2nc(-c3ccccc3)c(N3CCc4ccccc43)nc2c1.O=C(O)c1ccc2nc(-c3ccccc3)c(-n3ccc4ccccc43)nc2c1.[2H][2H]. The van der Waals surface area contributed by atoms with Crippen LogP contribution in [0.15, 0.2) is 243 Å². The number of benzene rings is 9. The number of aromatic carboxylic acids is 1. The van der Waals surface area contributed by atoms with Crippen LogP contribution in [0.4, 0.5) is 11.5 Å². The minimum atomic E-state index is -0.983. The fourth-order valence-electron chi connectivity index (χ4n) is 10.7. The van der Waals surface area contributed by atoms with Gasteiger partial charge >= 0.3 is 17.9 Å². The summed E-state index contributed by atoms with van der Waals surface area (Å²) >= 11 is 0. The third-order valence-corrected chi connectivity index (χ3v) is 15.0. The predicted octanol–water partition coefficient (Wildman–Crippen LogP) is 15.9. The van der Waals surface area contributed by atoms with Crippen LogP contribution in [0.25, 0.3) is 100 Å². The molecule has 0 bridgehead atoms. The number of hydrogen-bond donors (Lipinski definition) is 2. The lowest BCUT2D eigenvalue weighted by atomic mass is 10.1. The van der Waals surface area contributed by atoms with Crippen molar-refractivity contribution in [2.75, 3.05) is 32.8 Å². The van der Waals surface area contributed by atoms with Crippen molar-refractivity contribution in [2.45, 2.75) is 21.3 Å². The highest BCUT2D eigenvalue weighted by Gasteiger charge is 2.26. The Morgan fingerprint density at radius 2 is 0.789 bits per heavy atom. The van der Waals surface area contributed by atoms with Crippen molar-refractivity contribution in [2.24, 2.45) is 0 Å². The molecular weight excluding hydrogens is 1130 g/mol. The molecule has 15 rings (SSSR count). The summed E-state index contributed by atoms with van der Waals surface area (Å²) in [6.45, 7) is 0.843. The van der Waals surface area contributed by atoms with Gasteiger partial charge in [0.1, 0.15) is 17.1 Å². The molecule has 2 N–H and O–H groups in total. The minimum absolute atomic E-state index is 0. The molecule has 0 saturated heterocycles. The molecule has 0 radical (unpaired) electrons. The maximum atomic E-state index is 12.0. The van der Waals surface area contributed by atoms with E-state index in [4.69, 9.17) is 47.5 Å². The van der Waals surface area contributed by atoms with E-state index in [2.05, 4.69) is 41.3 Å². The number of carboxylic acids is 1. The van der Waals surface area contributed by atoms with Crippen LogP contribution in [0.5, 0.6) is 0 Å². The molecule has 0 fully saturated rings. The highest BCUT2D eigenvalue weighted by atomic mass is 16.5. The number of carbonyl (C=O) groups is 3. The average Bonchev–Trinajstić information content (AvgIpc) is 1.41. The smallest absolute Gasteiger partial charge is 0.337 e. The van der Waals surface area contributed by atoms with Crippen LogP contribution in [0.3, 0.4) is 0 Å². The van der Waals surface area contributed by atoms with Crippen molar-refractivity contribution in [3.8, 4) is 45.4 Å². The van der Waals surface area contributed by atoms with Gasteiger partial charge in [0.2, 0.25) is 0 Å². The van der Waals surface area contributed by atoms with Gasteiger partial charge in [0, 0.05) is 51.4 Å². The van der Waals surface area contributed by atoms with E-state index < -0.39 is 11.9 Å². The first-order valence-electron chi connectivity index (χ1n) is 29.1. The largest absolute Gasteiger partial charge is 0.478 e. The van der Waals surface area contributed by atoms with Gasteiger partial charge in [-0.05, 0) is 108 Å². The number of fused-ring (bicyclic) bond motifs is 6. The summed E-state index contributed by atoms with van der Waals surface area (Å²) in [4.78, 5) is 66.9. The summed E-state index contributed by atoms with van der Waals surface area (Å²) < 4.78 is 23.7. The first kappa shape index (κ1) is 60.0. The van der Waals surface area contributed by atoms with E-state index in [0.29, 0.717) is 44.8 Å². The zero-order chi connectivity index (χ0) is 62.7. The molecule has 16 nitrogen and oxygen atoms in total.